The van der Waals surface area contributed by atoms with Gasteiger partial charge in [0.25, 0.3) is 17.5 Å². The van der Waals surface area contributed by atoms with Crippen LogP contribution in [0.25, 0.3) is 0 Å². The van der Waals surface area contributed by atoms with Crippen LogP contribution in [0.3, 0.4) is 0 Å². The number of nitro groups is 1. The first-order chi connectivity index (χ1) is 13.7. The quantitative estimate of drug-likeness (QED) is 0.228. The Morgan fingerprint density at radius 2 is 1.86 bits per heavy atom. The van der Waals surface area contributed by atoms with Gasteiger partial charge in [-0.25, -0.2) is 0 Å². The summed E-state index contributed by atoms with van der Waals surface area (Å²) in [5, 5.41) is 15.4. The van der Waals surface area contributed by atoms with Crippen LogP contribution in [0.4, 0.5) is 5.69 Å². The van der Waals surface area contributed by atoms with E-state index in [0.29, 0.717) is 6.42 Å². The summed E-state index contributed by atoms with van der Waals surface area (Å²) in [6, 6.07) is 3.44. The van der Waals surface area contributed by atoms with Gasteiger partial charge in [-0.15, -0.1) is 0 Å². The molecule has 0 aromatic heterocycles. The summed E-state index contributed by atoms with van der Waals surface area (Å²) in [5.41, 5.74) is -0.505. The Morgan fingerprint density at radius 1 is 1.14 bits per heavy atom. The Labute approximate surface area is 170 Å². The second kappa shape index (κ2) is 12.3. The van der Waals surface area contributed by atoms with Crippen LogP contribution < -0.4 is 10.6 Å². The van der Waals surface area contributed by atoms with Gasteiger partial charge in [-0.05, 0) is 25.5 Å². The molecule has 0 bridgehead atoms. The maximum absolute atomic E-state index is 11.9. The van der Waals surface area contributed by atoms with E-state index in [0.717, 1.165) is 6.07 Å². The number of nitrogens with zero attached hydrogens (tertiary/aromatic N) is 1. The van der Waals surface area contributed by atoms with E-state index in [4.69, 9.17) is 21.1 Å². The standard InChI is InChI=1S/C17H20ClN3O8/c1-2-28-15(23)4-3-7-19-14(22)10-29-16(24)9-20-17(25)11-5-6-12(18)13(8-11)21(26)27/h5-6,8H,2-4,7,9-10H2,1H3,(H,19,22)(H,20,25). The van der Waals surface area contributed by atoms with Crippen molar-refractivity contribution < 1.29 is 33.6 Å². The molecule has 0 radical (unpaired) electrons. The number of benzene rings is 1. The Hall–Kier alpha value is -3.21. The first kappa shape index (κ1) is 23.8. The molecule has 0 aliphatic heterocycles. The highest BCUT2D eigenvalue weighted by Crippen LogP contribution is 2.24. The number of hydrogen-bond acceptors (Lipinski definition) is 8. The third kappa shape index (κ3) is 9.02. The average molecular weight is 430 g/mol. The minimum atomic E-state index is -0.872. The lowest BCUT2D eigenvalue weighted by molar-refractivity contribution is -0.384. The Kier molecular flexibility index (Phi) is 10.1. The van der Waals surface area contributed by atoms with Crippen LogP contribution in [-0.2, 0) is 23.9 Å². The third-order valence-electron chi connectivity index (χ3n) is 3.35. The molecule has 1 rings (SSSR count). The molecule has 0 spiro atoms. The van der Waals surface area contributed by atoms with E-state index in [1.165, 1.54) is 12.1 Å². The lowest BCUT2D eigenvalue weighted by atomic mass is 10.2. The summed E-state index contributed by atoms with van der Waals surface area (Å²) < 4.78 is 9.44. The number of amides is 2. The highest BCUT2D eigenvalue weighted by molar-refractivity contribution is 6.32. The number of nitrogens with one attached hydrogen (secondary N) is 2. The third-order valence-corrected chi connectivity index (χ3v) is 3.67. The predicted octanol–water partition coefficient (Wildman–Crippen LogP) is 0.981. The fourth-order valence-electron chi connectivity index (χ4n) is 1.99. The molecule has 12 heteroatoms. The zero-order valence-electron chi connectivity index (χ0n) is 15.6. The second-order valence-electron chi connectivity index (χ2n) is 5.53. The van der Waals surface area contributed by atoms with Crippen molar-refractivity contribution in [2.75, 3.05) is 26.3 Å². The van der Waals surface area contributed by atoms with Crippen LogP contribution >= 0.6 is 11.6 Å². The largest absolute Gasteiger partial charge is 0.466 e. The SMILES string of the molecule is CCOC(=O)CCCNC(=O)COC(=O)CNC(=O)c1ccc(Cl)c([N+](=O)[O-])c1. The van der Waals surface area contributed by atoms with Crippen LogP contribution in [0.15, 0.2) is 18.2 Å². The van der Waals surface area contributed by atoms with E-state index in [1.54, 1.807) is 6.92 Å². The molecule has 158 valence electrons. The highest BCUT2D eigenvalue weighted by atomic mass is 35.5. The van der Waals surface area contributed by atoms with E-state index in [9.17, 15) is 29.3 Å². The van der Waals surface area contributed by atoms with Gasteiger partial charge >= 0.3 is 11.9 Å². The highest BCUT2D eigenvalue weighted by Gasteiger charge is 2.17. The van der Waals surface area contributed by atoms with Gasteiger partial charge in [0.1, 0.15) is 11.6 Å². The van der Waals surface area contributed by atoms with E-state index in [2.05, 4.69) is 10.6 Å². The smallest absolute Gasteiger partial charge is 0.325 e. The molecule has 1 aromatic rings. The molecule has 11 nitrogen and oxygen atoms in total. The van der Waals surface area contributed by atoms with Gasteiger partial charge in [0, 0.05) is 24.6 Å². The molecule has 0 saturated heterocycles. The van der Waals surface area contributed by atoms with Crippen LogP contribution in [0.5, 0.6) is 0 Å². The Bertz CT molecular complexity index is 784. The molecule has 0 unspecified atom stereocenters. The zero-order chi connectivity index (χ0) is 21.8. The average Bonchev–Trinajstić information content (AvgIpc) is 2.68. The van der Waals surface area contributed by atoms with Gasteiger partial charge < -0.3 is 20.1 Å². The first-order valence-corrected chi connectivity index (χ1v) is 8.92. The summed E-state index contributed by atoms with van der Waals surface area (Å²) in [5.74, 6) is -2.55. The van der Waals surface area contributed by atoms with E-state index in [-0.39, 0.29) is 36.1 Å². The Morgan fingerprint density at radius 3 is 2.52 bits per heavy atom. The molecular weight excluding hydrogens is 410 g/mol. The molecule has 2 amide bonds. The number of ether oxygens (including phenoxy) is 2. The van der Waals surface area contributed by atoms with Crippen LogP contribution in [0.1, 0.15) is 30.1 Å². The lowest BCUT2D eigenvalue weighted by Gasteiger charge is -2.08. The molecule has 0 aliphatic carbocycles. The molecule has 0 heterocycles. The van der Waals surface area contributed by atoms with Gasteiger partial charge in [-0.3, -0.25) is 29.3 Å². The van der Waals surface area contributed by atoms with Crippen molar-refractivity contribution in [3.63, 3.8) is 0 Å². The summed E-state index contributed by atoms with van der Waals surface area (Å²) in [6.45, 7) is 1.09. The summed E-state index contributed by atoms with van der Waals surface area (Å²) in [4.78, 5) is 56.3. The molecule has 29 heavy (non-hydrogen) atoms. The zero-order valence-corrected chi connectivity index (χ0v) is 16.3. The van der Waals surface area contributed by atoms with E-state index in [1.807, 2.05) is 0 Å². The number of esters is 2. The molecule has 0 fully saturated rings. The summed E-state index contributed by atoms with van der Waals surface area (Å²) in [7, 11) is 0. The first-order valence-electron chi connectivity index (χ1n) is 8.54. The predicted molar refractivity (Wildman–Crippen MR) is 100 cm³/mol. The number of halogens is 1. The van der Waals surface area contributed by atoms with Gasteiger partial charge in [-0.2, -0.15) is 0 Å². The van der Waals surface area contributed by atoms with Crippen molar-refractivity contribution >= 4 is 41.0 Å². The molecule has 0 atom stereocenters. The topological polar surface area (TPSA) is 154 Å². The monoisotopic (exact) mass is 429 g/mol. The number of nitro benzene ring substituents is 1. The van der Waals surface area contributed by atoms with Crippen LogP contribution in [0.2, 0.25) is 5.02 Å². The fraction of sp³-hybridized carbons (Fsp3) is 0.412. The minimum absolute atomic E-state index is 0.0618. The minimum Gasteiger partial charge on any atom is -0.466 e. The van der Waals surface area contributed by atoms with Crippen molar-refractivity contribution in [3.05, 3.63) is 38.9 Å². The second-order valence-corrected chi connectivity index (χ2v) is 5.93. The molecule has 2 N–H and O–H groups in total. The van der Waals surface area contributed by atoms with Crippen LogP contribution in [0, 0.1) is 10.1 Å². The van der Waals surface area contributed by atoms with Crippen molar-refractivity contribution in [2.24, 2.45) is 0 Å². The van der Waals surface area contributed by atoms with E-state index >= 15 is 0 Å². The lowest BCUT2D eigenvalue weighted by Crippen LogP contribution is -2.34. The maximum atomic E-state index is 11.9. The van der Waals surface area contributed by atoms with Crippen molar-refractivity contribution in [2.45, 2.75) is 19.8 Å². The molecule has 0 saturated carbocycles. The van der Waals surface area contributed by atoms with E-state index < -0.39 is 41.5 Å². The van der Waals surface area contributed by atoms with Crippen molar-refractivity contribution in [1.82, 2.24) is 10.6 Å². The van der Waals surface area contributed by atoms with Crippen LogP contribution in [-0.4, -0.2) is 55.0 Å². The fourth-order valence-corrected chi connectivity index (χ4v) is 2.18. The number of hydrogen-bond donors (Lipinski definition) is 2. The van der Waals surface area contributed by atoms with Gasteiger partial charge in [0.2, 0.25) is 0 Å². The molecule has 1 aromatic carbocycles. The van der Waals surface area contributed by atoms with Crippen molar-refractivity contribution in [1.29, 1.82) is 0 Å². The maximum Gasteiger partial charge on any atom is 0.325 e. The van der Waals surface area contributed by atoms with Gasteiger partial charge in [-0.1, -0.05) is 11.6 Å². The summed E-state index contributed by atoms with van der Waals surface area (Å²) in [6.07, 6.45) is 0.532. The summed E-state index contributed by atoms with van der Waals surface area (Å²) >= 11 is 5.66. The number of rotatable bonds is 11. The molecule has 0 aliphatic rings. The number of carbonyl (C=O) groups excluding carboxylic acids is 4. The Balaban J connectivity index is 2.30. The van der Waals surface area contributed by atoms with Gasteiger partial charge in [0.05, 0.1) is 11.5 Å². The normalized spacial score (nSPS) is 10.0. The van der Waals surface area contributed by atoms with Crippen molar-refractivity contribution in [3.8, 4) is 0 Å². The number of carbonyl (C=O) groups is 4. The van der Waals surface area contributed by atoms with Gasteiger partial charge in [0.15, 0.2) is 6.61 Å². The molecular formula is C17H20ClN3O8.